The van der Waals surface area contributed by atoms with Gasteiger partial charge in [-0.3, -0.25) is 4.79 Å². The Hall–Kier alpha value is -0.570. The Bertz CT molecular complexity index is 240. The van der Waals surface area contributed by atoms with E-state index in [4.69, 9.17) is 16.3 Å². The van der Waals surface area contributed by atoms with Gasteiger partial charge in [-0.15, -0.1) is 0 Å². The van der Waals surface area contributed by atoms with Gasteiger partial charge in [-0.05, 0) is 19.8 Å². The second-order valence-corrected chi connectivity index (χ2v) is 4.15. The predicted octanol–water partition coefficient (Wildman–Crippen LogP) is 2.06. The minimum Gasteiger partial charge on any atom is -0.464 e. The first-order chi connectivity index (χ1) is 6.61. The number of Topliss-reactive ketones (excluding diaryl/α,β-unsaturated/α-hetero) is 1. The van der Waals surface area contributed by atoms with E-state index in [2.05, 4.69) is 0 Å². The normalized spacial score (nSPS) is 28.3. The van der Waals surface area contributed by atoms with Crippen molar-refractivity contribution >= 4 is 23.4 Å². The van der Waals surface area contributed by atoms with Gasteiger partial charge in [0, 0.05) is 6.42 Å². The topological polar surface area (TPSA) is 43.4 Å². The van der Waals surface area contributed by atoms with Gasteiger partial charge < -0.3 is 4.74 Å². The fraction of sp³-hybridized carbons (Fsp3) is 0.800. The van der Waals surface area contributed by atoms with E-state index in [1.807, 2.05) is 0 Å². The van der Waals surface area contributed by atoms with E-state index in [-0.39, 0.29) is 12.4 Å². The predicted molar refractivity (Wildman–Crippen MR) is 53.3 cm³/mol. The molecule has 0 aliphatic heterocycles. The molecule has 0 radical (unpaired) electrons. The molecule has 3 nitrogen and oxygen atoms in total. The molecule has 80 valence electrons. The average Bonchev–Trinajstić information content (AvgIpc) is 2.31. The minimum atomic E-state index is -1.40. The zero-order chi connectivity index (χ0) is 10.6. The number of esters is 1. The first-order valence-corrected chi connectivity index (χ1v) is 5.38. The summed E-state index contributed by atoms with van der Waals surface area (Å²) >= 11 is 6.04. The monoisotopic (exact) mass is 218 g/mol. The van der Waals surface area contributed by atoms with Gasteiger partial charge in [0.1, 0.15) is 0 Å². The Morgan fingerprint density at radius 1 is 1.50 bits per heavy atom. The maximum atomic E-state index is 11.6. The number of ketones is 1. The van der Waals surface area contributed by atoms with Crippen LogP contribution in [0.25, 0.3) is 0 Å². The molecule has 1 aliphatic rings. The molecule has 0 saturated heterocycles. The van der Waals surface area contributed by atoms with E-state index in [0.717, 1.165) is 19.3 Å². The van der Waals surface area contributed by atoms with Crippen molar-refractivity contribution in [2.75, 3.05) is 6.61 Å². The third-order valence-corrected chi connectivity index (χ3v) is 3.02. The standard InChI is InChI=1S/C10H15ClO3/c1-2-14-9(13)10(11)7-5-3-4-6-8(10)12/h2-7H2,1H3. The summed E-state index contributed by atoms with van der Waals surface area (Å²) in [5.41, 5.74) is 0. The van der Waals surface area contributed by atoms with E-state index in [9.17, 15) is 9.59 Å². The number of alkyl halides is 1. The average molecular weight is 219 g/mol. The van der Waals surface area contributed by atoms with Crippen molar-refractivity contribution in [3.8, 4) is 0 Å². The number of rotatable bonds is 2. The lowest BCUT2D eigenvalue weighted by Crippen LogP contribution is -2.41. The Kier molecular flexibility index (Phi) is 3.93. The SMILES string of the molecule is CCOC(=O)C1(Cl)CCCCCC1=O. The Balaban J connectivity index is 2.76. The number of halogens is 1. The minimum absolute atomic E-state index is 0.185. The third kappa shape index (κ3) is 2.27. The first kappa shape index (κ1) is 11.5. The van der Waals surface area contributed by atoms with Crippen LogP contribution in [-0.4, -0.2) is 23.2 Å². The van der Waals surface area contributed by atoms with Crippen LogP contribution in [0.4, 0.5) is 0 Å². The molecule has 0 spiro atoms. The van der Waals surface area contributed by atoms with Crippen molar-refractivity contribution in [3.05, 3.63) is 0 Å². The summed E-state index contributed by atoms with van der Waals surface area (Å²) in [5.74, 6) is -0.760. The van der Waals surface area contributed by atoms with Crippen LogP contribution in [0.2, 0.25) is 0 Å². The van der Waals surface area contributed by atoms with Crippen molar-refractivity contribution in [1.82, 2.24) is 0 Å². The van der Waals surface area contributed by atoms with Gasteiger partial charge in [-0.1, -0.05) is 24.4 Å². The van der Waals surface area contributed by atoms with Gasteiger partial charge in [0.15, 0.2) is 10.7 Å². The summed E-state index contributed by atoms with van der Waals surface area (Å²) in [6.45, 7) is 1.97. The highest BCUT2D eigenvalue weighted by Gasteiger charge is 2.45. The van der Waals surface area contributed by atoms with Crippen molar-refractivity contribution in [3.63, 3.8) is 0 Å². The van der Waals surface area contributed by atoms with Crippen LogP contribution in [0.1, 0.15) is 39.0 Å². The maximum absolute atomic E-state index is 11.6. The highest BCUT2D eigenvalue weighted by Crippen LogP contribution is 2.31. The molecular formula is C10H15ClO3. The summed E-state index contributed by atoms with van der Waals surface area (Å²) in [4.78, 5) is 21.7. The molecule has 4 heteroatoms. The van der Waals surface area contributed by atoms with Crippen LogP contribution in [-0.2, 0) is 14.3 Å². The summed E-state index contributed by atoms with van der Waals surface area (Å²) in [7, 11) is 0. The second kappa shape index (κ2) is 4.78. The number of hydrogen-bond donors (Lipinski definition) is 0. The van der Waals surface area contributed by atoms with Gasteiger partial charge in [0.25, 0.3) is 0 Å². The Morgan fingerprint density at radius 3 is 2.86 bits per heavy atom. The summed E-state index contributed by atoms with van der Waals surface area (Å²) in [6, 6.07) is 0. The van der Waals surface area contributed by atoms with E-state index < -0.39 is 10.8 Å². The highest BCUT2D eigenvalue weighted by atomic mass is 35.5. The van der Waals surface area contributed by atoms with Gasteiger partial charge in [-0.25, -0.2) is 4.79 Å². The van der Waals surface area contributed by atoms with Crippen LogP contribution < -0.4 is 0 Å². The molecule has 0 aromatic carbocycles. The van der Waals surface area contributed by atoms with Crippen molar-refractivity contribution in [2.24, 2.45) is 0 Å². The maximum Gasteiger partial charge on any atom is 0.334 e. The molecule has 0 bridgehead atoms. The van der Waals surface area contributed by atoms with E-state index in [1.54, 1.807) is 6.92 Å². The summed E-state index contributed by atoms with van der Waals surface area (Å²) < 4.78 is 4.82. The largest absolute Gasteiger partial charge is 0.464 e. The molecule has 0 aromatic heterocycles. The molecule has 1 rings (SSSR count). The molecule has 1 atom stereocenters. The molecule has 0 amide bonds. The quantitative estimate of drug-likeness (QED) is 0.308. The Labute approximate surface area is 88.8 Å². The van der Waals surface area contributed by atoms with Gasteiger partial charge in [0.05, 0.1) is 6.61 Å². The molecule has 14 heavy (non-hydrogen) atoms. The van der Waals surface area contributed by atoms with Crippen molar-refractivity contribution in [2.45, 2.75) is 43.9 Å². The zero-order valence-corrected chi connectivity index (χ0v) is 9.10. The molecule has 1 aliphatic carbocycles. The molecule has 0 N–H and O–H groups in total. The third-order valence-electron chi connectivity index (χ3n) is 2.47. The van der Waals surface area contributed by atoms with Crippen LogP contribution in [0.3, 0.4) is 0 Å². The second-order valence-electron chi connectivity index (χ2n) is 3.51. The summed E-state index contributed by atoms with van der Waals surface area (Å²) in [5, 5.41) is 0. The smallest absolute Gasteiger partial charge is 0.334 e. The number of carbonyl (C=O) groups is 2. The van der Waals surface area contributed by atoms with Gasteiger partial charge in [-0.2, -0.15) is 0 Å². The fourth-order valence-corrected chi connectivity index (χ4v) is 1.91. The number of hydrogen-bond acceptors (Lipinski definition) is 3. The Morgan fingerprint density at radius 2 is 2.21 bits per heavy atom. The lowest BCUT2D eigenvalue weighted by molar-refractivity contribution is -0.149. The molecule has 0 aromatic rings. The lowest BCUT2D eigenvalue weighted by atomic mass is 9.98. The zero-order valence-electron chi connectivity index (χ0n) is 8.35. The van der Waals surface area contributed by atoms with Gasteiger partial charge >= 0.3 is 5.97 Å². The highest BCUT2D eigenvalue weighted by molar-refractivity contribution is 6.45. The molecule has 1 fully saturated rings. The first-order valence-electron chi connectivity index (χ1n) is 5.00. The molecule has 0 heterocycles. The molecular weight excluding hydrogens is 204 g/mol. The number of carbonyl (C=O) groups excluding carboxylic acids is 2. The van der Waals surface area contributed by atoms with Crippen LogP contribution in [0, 0.1) is 0 Å². The number of ether oxygens (including phenoxy) is 1. The van der Waals surface area contributed by atoms with Crippen LogP contribution in [0.5, 0.6) is 0 Å². The van der Waals surface area contributed by atoms with Crippen LogP contribution in [0.15, 0.2) is 0 Å². The molecule has 1 unspecified atom stereocenters. The van der Waals surface area contributed by atoms with Crippen molar-refractivity contribution in [1.29, 1.82) is 0 Å². The van der Waals surface area contributed by atoms with E-state index >= 15 is 0 Å². The van der Waals surface area contributed by atoms with E-state index in [0.29, 0.717) is 12.8 Å². The summed E-state index contributed by atoms with van der Waals surface area (Å²) in [6.07, 6.45) is 3.40. The van der Waals surface area contributed by atoms with Crippen molar-refractivity contribution < 1.29 is 14.3 Å². The lowest BCUT2D eigenvalue weighted by Gasteiger charge is -2.20. The van der Waals surface area contributed by atoms with Gasteiger partial charge in [0.2, 0.25) is 0 Å². The van der Waals surface area contributed by atoms with Crippen LogP contribution >= 0.6 is 11.6 Å². The molecule has 1 saturated carbocycles. The fourth-order valence-electron chi connectivity index (χ4n) is 1.63. The van der Waals surface area contributed by atoms with E-state index in [1.165, 1.54) is 0 Å².